The molecule has 0 aromatic carbocycles. The second kappa shape index (κ2) is 3.12. The second-order valence-electron chi connectivity index (χ2n) is 3.18. The molecule has 0 saturated heterocycles. The van der Waals surface area contributed by atoms with Gasteiger partial charge < -0.3 is 15.8 Å². The summed E-state index contributed by atoms with van der Waals surface area (Å²) in [4.78, 5) is 4.07. The Morgan fingerprint density at radius 2 is 2.31 bits per heavy atom. The minimum absolute atomic E-state index is 0.395. The van der Waals surface area contributed by atoms with Crippen LogP contribution in [0, 0.1) is 0 Å². The van der Waals surface area contributed by atoms with Crippen LogP contribution in [0.5, 0.6) is 5.75 Å². The van der Waals surface area contributed by atoms with Crippen LogP contribution in [0.1, 0.15) is 12.8 Å². The number of nitrogens with one attached hydrogen (secondary N) is 1. The van der Waals surface area contributed by atoms with Crippen molar-refractivity contribution in [1.82, 2.24) is 4.98 Å². The number of hydrogen-bond acceptors (Lipinski definition) is 4. The van der Waals surface area contributed by atoms with E-state index in [1.165, 1.54) is 0 Å². The van der Waals surface area contributed by atoms with Gasteiger partial charge in [-0.25, -0.2) is 4.98 Å². The van der Waals surface area contributed by atoms with Crippen LogP contribution in [0.4, 0.5) is 11.6 Å². The molecule has 13 heavy (non-hydrogen) atoms. The summed E-state index contributed by atoms with van der Waals surface area (Å²) in [6.45, 7) is 0. The molecule has 1 aliphatic carbocycles. The molecule has 70 valence electrons. The molecule has 1 aromatic heterocycles. The predicted octanol–water partition coefficient (Wildman–Crippen LogP) is 1.25. The Labute approximate surface area is 77.1 Å². The van der Waals surface area contributed by atoms with E-state index in [2.05, 4.69) is 10.3 Å². The normalized spacial score (nSPS) is 15.5. The lowest BCUT2D eigenvalue weighted by Crippen LogP contribution is -2.01. The van der Waals surface area contributed by atoms with Crippen molar-refractivity contribution in [2.24, 2.45) is 0 Å². The van der Waals surface area contributed by atoms with Gasteiger partial charge in [0.05, 0.1) is 6.10 Å². The van der Waals surface area contributed by atoms with Crippen LogP contribution in [0.3, 0.4) is 0 Å². The number of nitrogens with two attached hydrogens (primary N) is 1. The number of pyridine rings is 1. The van der Waals surface area contributed by atoms with Crippen LogP contribution >= 0.6 is 0 Å². The first-order valence-electron chi connectivity index (χ1n) is 4.40. The van der Waals surface area contributed by atoms with Crippen molar-refractivity contribution >= 4 is 11.6 Å². The number of nitrogen functional groups attached to an aromatic ring is 1. The molecule has 0 aliphatic heterocycles. The molecule has 3 N–H and O–H groups in total. The number of rotatable bonds is 3. The van der Waals surface area contributed by atoms with Crippen molar-refractivity contribution in [3.8, 4) is 5.75 Å². The quantitative estimate of drug-likeness (QED) is 0.733. The fourth-order valence-electron chi connectivity index (χ4n) is 1.10. The Bertz CT molecular complexity index is 310. The zero-order valence-corrected chi connectivity index (χ0v) is 7.58. The third-order valence-electron chi connectivity index (χ3n) is 1.90. The summed E-state index contributed by atoms with van der Waals surface area (Å²) in [7, 11) is 1.81. The summed E-state index contributed by atoms with van der Waals surface area (Å²) in [6, 6.07) is 3.60. The van der Waals surface area contributed by atoms with E-state index in [1.54, 1.807) is 6.07 Å². The van der Waals surface area contributed by atoms with Gasteiger partial charge in [0.25, 0.3) is 0 Å². The molecule has 4 heteroatoms. The Morgan fingerprint density at radius 1 is 1.54 bits per heavy atom. The summed E-state index contributed by atoms with van der Waals surface area (Å²) in [5, 5.41) is 2.93. The van der Waals surface area contributed by atoms with Crippen molar-refractivity contribution in [3.05, 3.63) is 12.1 Å². The molecule has 2 rings (SSSR count). The number of ether oxygens (including phenoxy) is 1. The molecule has 0 spiro atoms. The van der Waals surface area contributed by atoms with E-state index in [-0.39, 0.29) is 0 Å². The smallest absolute Gasteiger partial charge is 0.131 e. The van der Waals surface area contributed by atoms with Gasteiger partial charge >= 0.3 is 0 Å². The Balaban J connectivity index is 2.17. The fourth-order valence-corrected chi connectivity index (χ4v) is 1.10. The van der Waals surface area contributed by atoms with Crippen LogP contribution in [-0.4, -0.2) is 18.1 Å². The van der Waals surface area contributed by atoms with E-state index in [0.717, 1.165) is 24.4 Å². The number of anilines is 2. The molecule has 0 atom stereocenters. The van der Waals surface area contributed by atoms with Crippen LogP contribution in [-0.2, 0) is 0 Å². The minimum Gasteiger partial charge on any atom is -0.490 e. The molecule has 0 unspecified atom stereocenters. The van der Waals surface area contributed by atoms with Crippen molar-refractivity contribution in [3.63, 3.8) is 0 Å². The van der Waals surface area contributed by atoms with Gasteiger partial charge in [-0.1, -0.05) is 0 Å². The van der Waals surface area contributed by atoms with E-state index in [4.69, 9.17) is 10.5 Å². The zero-order chi connectivity index (χ0) is 9.26. The highest BCUT2D eigenvalue weighted by molar-refractivity contribution is 5.49. The first kappa shape index (κ1) is 8.16. The highest BCUT2D eigenvalue weighted by Crippen LogP contribution is 2.28. The standard InChI is InChI=1S/C9H13N3O/c1-11-9-5-7(4-8(10)12-9)13-6-2-3-6/h4-6H,2-3H2,1H3,(H3,10,11,12). The van der Waals surface area contributed by atoms with E-state index in [9.17, 15) is 0 Å². The van der Waals surface area contributed by atoms with Crippen LogP contribution < -0.4 is 15.8 Å². The first-order chi connectivity index (χ1) is 6.28. The van der Waals surface area contributed by atoms with Gasteiger partial charge in [0, 0.05) is 19.2 Å². The molecular weight excluding hydrogens is 166 g/mol. The highest BCUT2D eigenvalue weighted by Gasteiger charge is 2.23. The number of hydrogen-bond donors (Lipinski definition) is 2. The van der Waals surface area contributed by atoms with Crippen LogP contribution in [0.15, 0.2) is 12.1 Å². The molecule has 1 aliphatic rings. The fraction of sp³-hybridized carbons (Fsp3) is 0.444. The lowest BCUT2D eigenvalue weighted by Gasteiger charge is -2.07. The SMILES string of the molecule is CNc1cc(OC2CC2)cc(N)n1. The molecule has 1 aromatic rings. The van der Waals surface area contributed by atoms with E-state index in [0.29, 0.717) is 11.9 Å². The van der Waals surface area contributed by atoms with Gasteiger partial charge in [-0.15, -0.1) is 0 Å². The van der Waals surface area contributed by atoms with Gasteiger partial charge in [0.2, 0.25) is 0 Å². The Morgan fingerprint density at radius 3 is 2.92 bits per heavy atom. The topological polar surface area (TPSA) is 60.2 Å². The highest BCUT2D eigenvalue weighted by atomic mass is 16.5. The monoisotopic (exact) mass is 179 g/mol. The molecule has 0 amide bonds. The summed E-state index contributed by atoms with van der Waals surface area (Å²) in [6.07, 6.45) is 2.69. The third-order valence-corrected chi connectivity index (χ3v) is 1.90. The number of aromatic nitrogens is 1. The van der Waals surface area contributed by atoms with Crippen molar-refractivity contribution in [2.45, 2.75) is 18.9 Å². The van der Waals surface area contributed by atoms with Crippen LogP contribution in [0.2, 0.25) is 0 Å². The third kappa shape index (κ3) is 2.02. The molecule has 1 saturated carbocycles. The molecule has 0 bridgehead atoms. The van der Waals surface area contributed by atoms with Crippen molar-refractivity contribution in [1.29, 1.82) is 0 Å². The maximum atomic E-state index is 5.60. The summed E-state index contributed by atoms with van der Waals surface area (Å²) >= 11 is 0. The first-order valence-corrected chi connectivity index (χ1v) is 4.40. The molecule has 1 heterocycles. The van der Waals surface area contributed by atoms with Gasteiger partial charge in [0.1, 0.15) is 17.4 Å². The largest absolute Gasteiger partial charge is 0.490 e. The molecular formula is C9H13N3O. The summed E-state index contributed by atoms with van der Waals surface area (Å²) in [5.41, 5.74) is 5.60. The van der Waals surface area contributed by atoms with Gasteiger partial charge in [-0.3, -0.25) is 0 Å². The molecule has 1 fully saturated rings. The average Bonchev–Trinajstić information content (AvgIpc) is 2.87. The lowest BCUT2D eigenvalue weighted by atomic mass is 10.4. The Kier molecular flexibility index (Phi) is 1.96. The van der Waals surface area contributed by atoms with Gasteiger partial charge in [0.15, 0.2) is 0 Å². The number of nitrogens with zero attached hydrogens (tertiary/aromatic N) is 1. The molecule has 0 radical (unpaired) electrons. The summed E-state index contributed by atoms with van der Waals surface area (Å²) < 4.78 is 5.59. The van der Waals surface area contributed by atoms with E-state index < -0.39 is 0 Å². The van der Waals surface area contributed by atoms with Crippen molar-refractivity contribution in [2.75, 3.05) is 18.1 Å². The van der Waals surface area contributed by atoms with E-state index in [1.807, 2.05) is 13.1 Å². The zero-order valence-electron chi connectivity index (χ0n) is 7.58. The average molecular weight is 179 g/mol. The van der Waals surface area contributed by atoms with Crippen LogP contribution in [0.25, 0.3) is 0 Å². The van der Waals surface area contributed by atoms with Gasteiger partial charge in [-0.05, 0) is 12.8 Å². The summed E-state index contributed by atoms with van der Waals surface area (Å²) in [5.74, 6) is 2.04. The maximum Gasteiger partial charge on any atom is 0.131 e. The van der Waals surface area contributed by atoms with Gasteiger partial charge in [-0.2, -0.15) is 0 Å². The second-order valence-corrected chi connectivity index (χ2v) is 3.18. The predicted molar refractivity (Wildman–Crippen MR) is 51.8 cm³/mol. The minimum atomic E-state index is 0.395. The lowest BCUT2D eigenvalue weighted by molar-refractivity contribution is 0.303. The maximum absolute atomic E-state index is 5.60. The molecule has 4 nitrogen and oxygen atoms in total. The van der Waals surface area contributed by atoms with Crippen molar-refractivity contribution < 1.29 is 4.74 Å². The van der Waals surface area contributed by atoms with E-state index >= 15 is 0 Å². The Hall–Kier alpha value is -1.45.